The average molecular weight is 255 g/mol. The molecule has 4 heteroatoms. The monoisotopic (exact) mass is 255 g/mol. The number of likely N-dealkylation sites (N-methyl/N-ethyl adjacent to an activating group) is 1. The predicted molar refractivity (Wildman–Crippen MR) is 75.6 cm³/mol. The molecule has 1 atom stereocenters. The molecule has 106 valence electrons. The summed E-state index contributed by atoms with van der Waals surface area (Å²) in [4.78, 5) is 16.2. The van der Waals surface area contributed by atoms with Crippen molar-refractivity contribution < 1.29 is 4.79 Å². The van der Waals surface area contributed by atoms with E-state index in [4.69, 9.17) is 0 Å². The third-order valence-corrected chi connectivity index (χ3v) is 3.59. The van der Waals surface area contributed by atoms with Gasteiger partial charge >= 0.3 is 0 Å². The molecule has 0 bridgehead atoms. The maximum Gasteiger partial charge on any atom is 0.236 e. The maximum atomic E-state index is 12.1. The topological polar surface area (TPSA) is 35.6 Å². The third-order valence-electron chi connectivity index (χ3n) is 3.59. The van der Waals surface area contributed by atoms with Crippen molar-refractivity contribution in [3.63, 3.8) is 0 Å². The van der Waals surface area contributed by atoms with Crippen molar-refractivity contribution >= 4 is 5.91 Å². The summed E-state index contributed by atoms with van der Waals surface area (Å²) in [5.74, 6) is 0.806. The van der Waals surface area contributed by atoms with Gasteiger partial charge in [0.1, 0.15) is 0 Å². The van der Waals surface area contributed by atoms with Crippen LogP contribution in [0.3, 0.4) is 0 Å². The quantitative estimate of drug-likeness (QED) is 0.774. The van der Waals surface area contributed by atoms with Crippen molar-refractivity contribution in [1.82, 2.24) is 15.1 Å². The van der Waals surface area contributed by atoms with Crippen LogP contribution in [0.15, 0.2) is 0 Å². The van der Waals surface area contributed by atoms with Gasteiger partial charge in [-0.2, -0.15) is 0 Å². The number of amides is 1. The largest absolute Gasteiger partial charge is 0.342 e. The summed E-state index contributed by atoms with van der Waals surface area (Å²) in [6, 6.07) is 0.383. The molecule has 1 heterocycles. The predicted octanol–water partition coefficient (Wildman–Crippen LogP) is 1.17. The lowest BCUT2D eigenvalue weighted by Gasteiger charge is -2.29. The zero-order valence-electron chi connectivity index (χ0n) is 12.4. The highest BCUT2D eigenvalue weighted by atomic mass is 16.2. The van der Waals surface area contributed by atoms with Crippen LogP contribution in [-0.4, -0.2) is 62.0 Å². The highest BCUT2D eigenvalue weighted by Gasteiger charge is 2.19. The fourth-order valence-corrected chi connectivity index (χ4v) is 2.38. The molecule has 0 spiro atoms. The lowest BCUT2D eigenvalue weighted by atomic mass is 10.0. The van der Waals surface area contributed by atoms with Gasteiger partial charge in [0.25, 0.3) is 0 Å². The molecule has 18 heavy (non-hydrogen) atoms. The van der Waals surface area contributed by atoms with E-state index < -0.39 is 0 Å². The van der Waals surface area contributed by atoms with Gasteiger partial charge in [-0.3, -0.25) is 4.79 Å². The molecule has 1 amide bonds. The number of carbonyl (C=O) groups is 1. The number of hydrogen-bond acceptors (Lipinski definition) is 3. The Kier molecular flexibility index (Phi) is 6.65. The van der Waals surface area contributed by atoms with Crippen LogP contribution < -0.4 is 5.32 Å². The first-order valence-corrected chi connectivity index (χ1v) is 7.16. The first kappa shape index (κ1) is 15.4. The molecular formula is C14H29N3O. The molecule has 0 saturated carbocycles. The summed E-state index contributed by atoms with van der Waals surface area (Å²) in [6.07, 6.45) is 3.60. The van der Waals surface area contributed by atoms with Gasteiger partial charge < -0.3 is 15.1 Å². The molecular weight excluding hydrogens is 226 g/mol. The van der Waals surface area contributed by atoms with Gasteiger partial charge in [0, 0.05) is 25.7 Å². The molecule has 0 aromatic carbocycles. The van der Waals surface area contributed by atoms with Crippen LogP contribution in [0.5, 0.6) is 0 Å². The molecule has 0 aromatic heterocycles. The summed E-state index contributed by atoms with van der Waals surface area (Å²) >= 11 is 0. The summed E-state index contributed by atoms with van der Waals surface area (Å²) in [6.45, 7) is 7.75. The summed E-state index contributed by atoms with van der Waals surface area (Å²) in [7, 11) is 4.15. The Morgan fingerprint density at radius 3 is 2.33 bits per heavy atom. The number of nitrogens with zero attached hydrogens (tertiary/aromatic N) is 2. The normalized spacial score (nSPS) is 18.4. The van der Waals surface area contributed by atoms with Gasteiger partial charge in [-0.05, 0) is 39.3 Å². The second-order valence-electron chi connectivity index (χ2n) is 5.94. The van der Waals surface area contributed by atoms with Crippen LogP contribution in [0.25, 0.3) is 0 Å². The molecule has 1 unspecified atom stereocenters. The number of hydrogen-bond donors (Lipinski definition) is 1. The van der Waals surface area contributed by atoms with Crippen molar-refractivity contribution in [2.75, 3.05) is 40.3 Å². The smallest absolute Gasteiger partial charge is 0.236 e. The van der Waals surface area contributed by atoms with Crippen LogP contribution in [0.1, 0.15) is 33.1 Å². The second kappa shape index (κ2) is 7.74. The number of carbonyl (C=O) groups excluding carboxylic acids is 1. The van der Waals surface area contributed by atoms with Crippen LogP contribution in [0.2, 0.25) is 0 Å². The molecule has 1 fully saturated rings. The molecule has 0 radical (unpaired) electrons. The zero-order valence-corrected chi connectivity index (χ0v) is 12.4. The Labute approximate surface area is 112 Å². The highest BCUT2D eigenvalue weighted by Crippen LogP contribution is 2.09. The van der Waals surface area contributed by atoms with E-state index in [1.165, 1.54) is 6.42 Å². The molecule has 1 aliphatic heterocycles. The van der Waals surface area contributed by atoms with Crippen molar-refractivity contribution in [2.45, 2.75) is 39.2 Å². The van der Waals surface area contributed by atoms with Crippen LogP contribution in [-0.2, 0) is 4.79 Å². The minimum Gasteiger partial charge on any atom is -0.342 e. The second-order valence-corrected chi connectivity index (χ2v) is 5.94. The highest BCUT2D eigenvalue weighted by molar-refractivity contribution is 5.78. The number of piperidine rings is 1. The molecule has 0 aromatic rings. The summed E-state index contributed by atoms with van der Waals surface area (Å²) in [5, 5.41) is 3.41. The van der Waals surface area contributed by atoms with Crippen LogP contribution in [0, 0.1) is 5.92 Å². The lowest BCUT2D eigenvalue weighted by molar-refractivity contribution is -0.131. The fraction of sp³-hybridized carbons (Fsp3) is 0.929. The average Bonchev–Trinajstić information content (AvgIpc) is 2.34. The van der Waals surface area contributed by atoms with Crippen LogP contribution >= 0.6 is 0 Å². The minimum absolute atomic E-state index is 0.263. The third kappa shape index (κ3) is 5.36. The lowest BCUT2D eigenvalue weighted by Crippen LogP contribution is -2.48. The van der Waals surface area contributed by atoms with Gasteiger partial charge in [0.2, 0.25) is 5.91 Å². The van der Waals surface area contributed by atoms with Crippen molar-refractivity contribution in [3.05, 3.63) is 0 Å². The Hall–Kier alpha value is -0.610. The molecule has 4 nitrogen and oxygen atoms in total. The van der Waals surface area contributed by atoms with Crippen molar-refractivity contribution in [2.24, 2.45) is 5.92 Å². The van der Waals surface area contributed by atoms with E-state index in [1.54, 1.807) is 0 Å². The maximum absolute atomic E-state index is 12.1. The first-order valence-electron chi connectivity index (χ1n) is 7.16. The zero-order chi connectivity index (χ0) is 13.5. The van der Waals surface area contributed by atoms with Gasteiger partial charge in [0.15, 0.2) is 0 Å². The van der Waals surface area contributed by atoms with Crippen molar-refractivity contribution in [1.29, 1.82) is 0 Å². The summed E-state index contributed by atoms with van der Waals surface area (Å²) < 4.78 is 0. The Morgan fingerprint density at radius 1 is 1.22 bits per heavy atom. The molecule has 1 aliphatic rings. The van der Waals surface area contributed by atoms with Crippen molar-refractivity contribution in [3.8, 4) is 0 Å². The SMILES string of the molecule is CC(C)C(CN(C)C)NCC(=O)N1CCCCC1. The van der Waals surface area contributed by atoms with E-state index in [9.17, 15) is 4.79 Å². The van der Waals surface area contributed by atoms with Gasteiger partial charge in [-0.15, -0.1) is 0 Å². The van der Waals surface area contributed by atoms with Crippen LogP contribution in [0.4, 0.5) is 0 Å². The molecule has 0 aliphatic carbocycles. The van der Waals surface area contributed by atoms with E-state index in [1.807, 2.05) is 4.90 Å². The standard InChI is InChI=1S/C14H29N3O/c1-12(2)13(11-16(3)4)15-10-14(18)17-8-6-5-7-9-17/h12-13,15H,5-11H2,1-4H3. The van der Waals surface area contributed by atoms with E-state index in [0.29, 0.717) is 18.5 Å². The Morgan fingerprint density at radius 2 is 1.83 bits per heavy atom. The number of nitrogens with one attached hydrogen (secondary N) is 1. The van der Waals surface area contributed by atoms with Gasteiger partial charge in [-0.25, -0.2) is 0 Å². The molecule has 1 rings (SSSR count). The molecule has 1 saturated heterocycles. The van der Waals surface area contributed by atoms with Gasteiger partial charge in [0.05, 0.1) is 6.54 Å². The Bertz CT molecular complexity index is 247. The number of likely N-dealkylation sites (tertiary alicyclic amines) is 1. The van der Waals surface area contributed by atoms with Gasteiger partial charge in [-0.1, -0.05) is 13.8 Å². The number of rotatable bonds is 6. The van der Waals surface area contributed by atoms with E-state index >= 15 is 0 Å². The molecule has 1 N–H and O–H groups in total. The Balaban J connectivity index is 2.33. The first-order chi connectivity index (χ1) is 8.50. The fourth-order valence-electron chi connectivity index (χ4n) is 2.38. The van der Waals surface area contributed by atoms with E-state index in [2.05, 4.69) is 38.2 Å². The van der Waals surface area contributed by atoms with E-state index in [-0.39, 0.29) is 5.91 Å². The van der Waals surface area contributed by atoms with E-state index in [0.717, 1.165) is 32.5 Å². The minimum atomic E-state index is 0.263. The summed E-state index contributed by atoms with van der Waals surface area (Å²) in [5.41, 5.74) is 0.